The topological polar surface area (TPSA) is 94.8 Å². The van der Waals surface area contributed by atoms with Crippen molar-refractivity contribution in [3.05, 3.63) is 101 Å². The number of carbonyl (C=O) groups is 1. The van der Waals surface area contributed by atoms with Gasteiger partial charge in [0.15, 0.2) is 11.0 Å². The number of hydrogen-bond acceptors (Lipinski definition) is 8. The van der Waals surface area contributed by atoms with Crippen LogP contribution in [0.15, 0.2) is 83.6 Å². The van der Waals surface area contributed by atoms with E-state index in [4.69, 9.17) is 4.74 Å². The maximum atomic E-state index is 13.1. The number of aromatic nitrogens is 5. The molecular weight excluding hydrogens is 511 g/mol. The van der Waals surface area contributed by atoms with Gasteiger partial charge in [0.1, 0.15) is 22.3 Å². The first-order chi connectivity index (χ1) is 18.1. The number of thioether (sulfide) groups is 1. The lowest BCUT2D eigenvalue weighted by Crippen LogP contribution is -2.23. The van der Waals surface area contributed by atoms with E-state index in [1.807, 2.05) is 41.0 Å². The maximum absolute atomic E-state index is 13.1. The summed E-state index contributed by atoms with van der Waals surface area (Å²) in [5, 5.41) is 14.9. The first kappa shape index (κ1) is 24.6. The summed E-state index contributed by atoms with van der Waals surface area (Å²) in [5.74, 6) is 1.25. The Kier molecular flexibility index (Phi) is 7.52. The van der Waals surface area contributed by atoms with E-state index in [1.54, 1.807) is 37.0 Å². The quantitative estimate of drug-likeness (QED) is 0.262. The smallest absolute Gasteiger partial charge is 0.271 e. The lowest BCUT2D eigenvalue weighted by Gasteiger charge is -2.13. The summed E-state index contributed by atoms with van der Waals surface area (Å²) in [5.41, 5.74) is 2.83. The molecule has 0 radical (unpaired) electrons. The van der Waals surface area contributed by atoms with Crippen molar-refractivity contribution < 1.29 is 13.9 Å². The van der Waals surface area contributed by atoms with Gasteiger partial charge in [0, 0.05) is 29.9 Å². The normalized spacial score (nSPS) is 10.9. The van der Waals surface area contributed by atoms with Crippen molar-refractivity contribution in [2.75, 3.05) is 7.11 Å². The summed E-state index contributed by atoms with van der Waals surface area (Å²) in [6.45, 7) is 0.292. The number of hydrogen-bond donors (Lipinski definition) is 1. The van der Waals surface area contributed by atoms with Crippen LogP contribution in [-0.2, 0) is 12.3 Å². The Morgan fingerprint density at radius 3 is 2.65 bits per heavy atom. The highest BCUT2D eigenvalue weighted by Crippen LogP contribution is 2.33. The van der Waals surface area contributed by atoms with Crippen LogP contribution in [0.4, 0.5) is 4.39 Å². The van der Waals surface area contributed by atoms with Crippen molar-refractivity contribution in [1.82, 2.24) is 30.0 Å². The van der Waals surface area contributed by atoms with E-state index in [1.165, 1.54) is 35.2 Å². The fourth-order valence-corrected chi connectivity index (χ4v) is 5.30. The molecule has 0 aliphatic heterocycles. The monoisotopic (exact) mass is 532 g/mol. The van der Waals surface area contributed by atoms with Crippen LogP contribution in [0.1, 0.15) is 21.1 Å². The van der Waals surface area contributed by atoms with Gasteiger partial charge in [-0.1, -0.05) is 36.0 Å². The summed E-state index contributed by atoms with van der Waals surface area (Å²) in [6, 6.07) is 17.4. The molecule has 0 unspecified atom stereocenters. The zero-order valence-electron chi connectivity index (χ0n) is 19.7. The molecule has 37 heavy (non-hydrogen) atoms. The Bertz CT molecular complexity index is 1510. The number of methoxy groups -OCH3 is 1. The van der Waals surface area contributed by atoms with E-state index in [0.717, 1.165) is 21.8 Å². The summed E-state index contributed by atoms with van der Waals surface area (Å²) >= 11 is 2.87. The molecule has 0 aliphatic rings. The van der Waals surface area contributed by atoms with E-state index >= 15 is 0 Å². The molecule has 0 saturated carbocycles. The van der Waals surface area contributed by atoms with E-state index in [-0.39, 0.29) is 11.7 Å². The molecule has 3 heterocycles. The minimum atomic E-state index is -0.314. The number of thiazole rings is 1. The van der Waals surface area contributed by atoms with Gasteiger partial charge >= 0.3 is 0 Å². The second-order valence-electron chi connectivity index (χ2n) is 7.77. The number of ether oxygens (including phenoxy) is 1. The van der Waals surface area contributed by atoms with Gasteiger partial charge in [-0.15, -0.1) is 21.5 Å². The largest absolute Gasteiger partial charge is 0.495 e. The Balaban J connectivity index is 1.33. The molecule has 0 fully saturated rings. The minimum absolute atomic E-state index is 0.283. The average Bonchev–Trinajstić information content (AvgIpc) is 3.59. The van der Waals surface area contributed by atoms with Gasteiger partial charge in [-0.25, -0.2) is 9.37 Å². The molecule has 1 N–H and O–H groups in total. The second-order valence-corrected chi connectivity index (χ2v) is 9.66. The van der Waals surface area contributed by atoms with Gasteiger partial charge in [0.25, 0.3) is 5.91 Å². The van der Waals surface area contributed by atoms with Crippen LogP contribution in [0.3, 0.4) is 0 Å². The van der Waals surface area contributed by atoms with E-state index in [2.05, 4.69) is 25.5 Å². The Labute approximate surface area is 220 Å². The lowest BCUT2D eigenvalue weighted by molar-refractivity contribution is 0.0946. The molecule has 0 spiro atoms. The third-order valence-electron chi connectivity index (χ3n) is 5.37. The van der Waals surface area contributed by atoms with Crippen LogP contribution in [-0.4, -0.2) is 37.7 Å². The van der Waals surface area contributed by atoms with Crippen LogP contribution >= 0.6 is 23.1 Å². The van der Waals surface area contributed by atoms with Crippen LogP contribution < -0.4 is 10.1 Å². The Hall–Kier alpha value is -4.09. The fraction of sp³-hybridized carbons (Fsp3) is 0.115. The van der Waals surface area contributed by atoms with Crippen LogP contribution in [0.2, 0.25) is 0 Å². The van der Waals surface area contributed by atoms with Gasteiger partial charge in [-0.05, 0) is 42.0 Å². The van der Waals surface area contributed by atoms with Crippen molar-refractivity contribution in [2.24, 2.45) is 0 Å². The maximum Gasteiger partial charge on any atom is 0.271 e. The standard InChI is InChI=1S/C26H21FN6O2S2/c1-35-22-5-3-2-4-21(22)33-24(18-10-12-28-13-11-18)31-32-26(33)37-16-23-30-20(15-36-23)25(34)29-14-17-6-8-19(27)9-7-17/h2-13,15H,14,16H2,1H3,(H,29,34). The van der Waals surface area contributed by atoms with Gasteiger partial charge < -0.3 is 10.1 Å². The predicted octanol–water partition coefficient (Wildman–Crippen LogP) is 5.16. The molecule has 0 saturated heterocycles. The highest BCUT2D eigenvalue weighted by Gasteiger charge is 2.20. The number of pyridine rings is 1. The van der Waals surface area contributed by atoms with Crippen LogP contribution in [0.5, 0.6) is 5.75 Å². The number of nitrogens with one attached hydrogen (secondary N) is 1. The molecule has 8 nitrogen and oxygen atoms in total. The zero-order chi connectivity index (χ0) is 25.6. The summed E-state index contributed by atoms with van der Waals surface area (Å²) in [4.78, 5) is 21.1. The number of nitrogens with zero attached hydrogens (tertiary/aromatic N) is 5. The van der Waals surface area contributed by atoms with E-state index in [9.17, 15) is 9.18 Å². The van der Waals surface area contributed by atoms with Crippen molar-refractivity contribution >= 4 is 29.0 Å². The van der Waals surface area contributed by atoms with Gasteiger partial charge in [-0.2, -0.15) is 0 Å². The fourth-order valence-electron chi connectivity index (χ4n) is 3.57. The van der Waals surface area contributed by atoms with Gasteiger partial charge in [0.2, 0.25) is 0 Å². The summed E-state index contributed by atoms with van der Waals surface area (Å²) in [6.07, 6.45) is 3.42. The van der Waals surface area contributed by atoms with E-state index in [0.29, 0.717) is 34.7 Å². The van der Waals surface area contributed by atoms with Crippen LogP contribution in [0, 0.1) is 5.82 Å². The number of amides is 1. The highest BCUT2D eigenvalue weighted by molar-refractivity contribution is 7.98. The second kappa shape index (κ2) is 11.3. The van der Waals surface area contributed by atoms with Crippen molar-refractivity contribution in [1.29, 1.82) is 0 Å². The van der Waals surface area contributed by atoms with Gasteiger partial charge in [0.05, 0.1) is 18.6 Å². The lowest BCUT2D eigenvalue weighted by atomic mass is 10.2. The third-order valence-corrected chi connectivity index (χ3v) is 7.35. The molecule has 186 valence electrons. The third kappa shape index (κ3) is 5.68. The molecule has 11 heteroatoms. The SMILES string of the molecule is COc1ccccc1-n1c(SCc2nc(C(=O)NCc3ccc(F)cc3)cs2)nnc1-c1ccncc1. The zero-order valence-corrected chi connectivity index (χ0v) is 21.3. The van der Waals surface area contributed by atoms with Crippen molar-refractivity contribution in [2.45, 2.75) is 17.5 Å². The molecule has 0 atom stereocenters. The molecule has 5 rings (SSSR count). The van der Waals surface area contributed by atoms with Crippen LogP contribution in [0.25, 0.3) is 17.1 Å². The molecular formula is C26H21FN6O2S2. The van der Waals surface area contributed by atoms with Crippen molar-refractivity contribution in [3.8, 4) is 22.8 Å². The molecule has 0 bridgehead atoms. The Morgan fingerprint density at radius 2 is 1.86 bits per heavy atom. The number of halogens is 1. The van der Waals surface area contributed by atoms with E-state index < -0.39 is 0 Å². The molecule has 0 aliphatic carbocycles. The number of benzene rings is 2. The number of carbonyl (C=O) groups excluding carboxylic acids is 1. The summed E-state index contributed by atoms with van der Waals surface area (Å²) in [7, 11) is 1.63. The van der Waals surface area contributed by atoms with Crippen molar-refractivity contribution in [3.63, 3.8) is 0 Å². The molecule has 1 amide bonds. The Morgan fingerprint density at radius 1 is 1.08 bits per heavy atom. The average molecular weight is 533 g/mol. The highest BCUT2D eigenvalue weighted by atomic mass is 32.2. The van der Waals surface area contributed by atoms with Gasteiger partial charge in [-0.3, -0.25) is 14.3 Å². The molecule has 5 aromatic rings. The summed E-state index contributed by atoms with van der Waals surface area (Å²) < 4.78 is 20.6. The first-order valence-corrected chi connectivity index (χ1v) is 13.1. The molecule has 2 aromatic carbocycles. The number of para-hydroxylation sites is 2. The first-order valence-electron chi connectivity index (χ1n) is 11.2. The minimum Gasteiger partial charge on any atom is -0.495 e. The predicted molar refractivity (Wildman–Crippen MR) is 140 cm³/mol. The molecule has 3 aromatic heterocycles. The number of rotatable bonds is 9.